The van der Waals surface area contributed by atoms with E-state index in [0.717, 1.165) is 8.66 Å². The van der Waals surface area contributed by atoms with Crippen molar-refractivity contribution in [2.45, 2.75) is 12.5 Å². The maximum atomic E-state index is 12.2. The summed E-state index contributed by atoms with van der Waals surface area (Å²) < 4.78 is 12.3. The fourth-order valence-corrected chi connectivity index (χ4v) is 3.40. The number of carbonyl (C=O) groups excluding carboxylic acids is 1. The zero-order valence-electron chi connectivity index (χ0n) is 9.97. The topological polar surface area (TPSA) is 35.5 Å². The maximum absolute atomic E-state index is 12.2. The number of para-hydroxylation sites is 2. The molecule has 3 nitrogen and oxygen atoms in total. The molecule has 1 aromatic carbocycles. The number of hydrogen-bond donors (Lipinski definition) is 0. The molecule has 2 heterocycles. The van der Waals surface area contributed by atoms with E-state index in [4.69, 9.17) is 9.47 Å². The van der Waals surface area contributed by atoms with E-state index in [1.165, 1.54) is 0 Å². The minimum absolute atomic E-state index is 0.0452. The molecule has 1 unspecified atom stereocenters. The van der Waals surface area contributed by atoms with Crippen molar-refractivity contribution in [3.05, 3.63) is 45.1 Å². The molecular formula is C14H11BrO3S. The molecule has 0 N–H and O–H groups in total. The lowest BCUT2D eigenvalue weighted by molar-refractivity contribution is -0.127. The molecule has 19 heavy (non-hydrogen) atoms. The predicted octanol–water partition coefficient (Wildman–Crippen LogP) is 3.46. The lowest BCUT2D eigenvalue weighted by Gasteiger charge is -2.25. The van der Waals surface area contributed by atoms with Crippen molar-refractivity contribution in [1.29, 1.82) is 0 Å². The van der Waals surface area contributed by atoms with E-state index >= 15 is 0 Å². The molecule has 1 aliphatic rings. The molecule has 0 bridgehead atoms. The number of rotatable bonds is 3. The van der Waals surface area contributed by atoms with E-state index in [1.54, 1.807) is 11.3 Å². The summed E-state index contributed by atoms with van der Waals surface area (Å²) in [5.74, 6) is 1.38. The normalized spacial score (nSPS) is 17.2. The molecule has 0 spiro atoms. The number of halogens is 1. The molecule has 0 aliphatic carbocycles. The molecular weight excluding hydrogens is 328 g/mol. The van der Waals surface area contributed by atoms with Gasteiger partial charge in [0.1, 0.15) is 6.61 Å². The molecule has 0 radical (unpaired) electrons. The average molecular weight is 339 g/mol. The number of benzene rings is 1. The van der Waals surface area contributed by atoms with Crippen LogP contribution in [0.15, 0.2) is 40.2 Å². The molecule has 0 saturated heterocycles. The van der Waals surface area contributed by atoms with Gasteiger partial charge < -0.3 is 9.47 Å². The van der Waals surface area contributed by atoms with Gasteiger partial charge in [0, 0.05) is 11.3 Å². The number of thiophene rings is 1. The van der Waals surface area contributed by atoms with Gasteiger partial charge in [-0.05, 0) is 40.2 Å². The van der Waals surface area contributed by atoms with Crippen LogP contribution in [0.2, 0.25) is 0 Å². The molecule has 3 rings (SSSR count). The Morgan fingerprint density at radius 3 is 2.79 bits per heavy atom. The summed E-state index contributed by atoms with van der Waals surface area (Å²) >= 11 is 4.96. The number of ketones is 1. The van der Waals surface area contributed by atoms with Crippen molar-refractivity contribution in [3.63, 3.8) is 0 Å². The van der Waals surface area contributed by atoms with E-state index < -0.39 is 6.10 Å². The van der Waals surface area contributed by atoms with E-state index in [1.807, 2.05) is 36.4 Å². The van der Waals surface area contributed by atoms with Gasteiger partial charge in [-0.25, -0.2) is 0 Å². The van der Waals surface area contributed by atoms with Crippen LogP contribution in [0.4, 0.5) is 0 Å². The third kappa shape index (κ3) is 2.82. The Morgan fingerprint density at radius 1 is 1.26 bits per heavy atom. The lowest BCUT2D eigenvalue weighted by atomic mass is 10.1. The van der Waals surface area contributed by atoms with Gasteiger partial charge in [-0.1, -0.05) is 12.1 Å². The second kappa shape index (κ2) is 5.35. The first-order valence-corrected chi connectivity index (χ1v) is 7.49. The Balaban J connectivity index is 1.69. The van der Waals surface area contributed by atoms with Gasteiger partial charge in [0.25, 0.3) is 0 Å². The molecule has 0 fully saturated rings. The Hall–Kier alpha value is -1.33. The summed E-state index contributed by atoms with van der Waals surface area (Å²) in [4.78, 5) is 13.2. The maximum Gasteiger partial charge on any atom is 0.191 e. The summed E-state index contributed by atoms with van der Waals surface area (Å²) in [6.07, 6.45) is -0.136. The summed E-state index contributed by atoms with van der Waals surface area (Å²) in [6.45, 7) is 0.280. The summed E-state index contributed by atoms with van der Waals surface area (Å²) in [5.41, 5.74) is 0. The van der Waals surface area contributed by atoms with Crippen LogP contribution in [0.3, 0.4) is 0 Å². The monoisotopic (exact) mass is 338 g/mol. The average Bonchev–Trinajstić information content (AvgIpc) is 2.83. The first-order valence-electron chi connectivity index (χ1n) is 5.88. The first kappa shape index (κ1) is 12.7. The van der Waals surface area contributed by atoms with Crippen LogP contribution in [0.1, 0.15) is 4.88 Å². The zero-order chi connectivity index (χ0) is 13.2. The predicted molar refractivity (Wildman–Crippen MR) is 77.1 cm³/mol. The smallest absolute Gasteiger partial charge is 0.191 e. The van der Waals surface area contributed by atoms with E-state index in [2.05, 4.69) is 15.9 Å². The minimum Gasteiger partial charge on any atom is -0.485 e. The molecule has 5 heteroatoms. The highest BCUT2D eigenvalue weighted by atomic mass is 79.9. The second-order valence-electron chi connectivity index (χ2n) is 4.21. The number of hydrogen-bond acceptors (Lipinski definition) is 4. The first-order chi connectivity index (χ1) is 9.22. The van der Waals surface area contributed by atoms with Gasteiger partial charge in [0.05, 0.1) is 3.79 Å². The summed E-state index contributed by atoms with van der Waals surface area (Å²) in [6, 6.07) is 11.3. The highest BCUT2D eigenvalue weighted by Crippen LogP contribution is 2.31. The van der Waals surface area contributed by atoms with Crippen molar-refractivity contribution < 1.29 is 14.3 Å². The number of Topliss-reactive ketones (excluding diaryl/α,β-unsaturated/α-hetero) is 1. The van der Waals surface area contributed by atoms with Crippen LogP contribution >= 0.6 is 27.3 Å². The van der Waals surface area contributed by atoms with Crippen molar-refractivity contribution in [1.82, 2.24) is 0 Å². The van der Waals surface area contributed by atoms with Crippen molar-refractivity contribution in [2.75, 3.05) is 6.61 Å². The van der Waals surface area contributed by atoms with Crippen LogP contribution in [0.25, 0.3) is 0 Å². The molecule has 1 aliphatic heterocycles. The van der Waals surface area contributed by atoms with Gasteiger partial charge in [-0.15, -0.1) is 11.3 Å². The standard InChI is InChI=1S/C14H11BrO3S/c15-14-6-5-9(19-14)7-10(16)13-8-17-11-3-1-2-4-12(11)18-13/h1-6,13H,7-8H2. The summed E-state index contributed by atoms with van der Waals surface area (Å²) in [5, 5.41) is 0. The number of carbonyl (C=O) groups is 1. The third-order valence-electron chi connectivity index (χ3n) is 2.85. The quantitative estimate of drug-likeness (QED) is 0.859. The van der Waals surface area contributed by atoms with Gasteiger partial charge >= 0.3 is 0 Å². The van der Waals surface area contributed by atoms with E-state index in [0.29, 0.717) is 17.9 Å². The third-order valence-corrected chi connectivity index (χ3v) is 4.47. The van der Waals surface area contributed by atoms with E-state index in [9.17, 15) is 4.79 Å². The Bertz CT molecular complexity index is 608. The van der Waals surface area contributed by atoms with Crippen molar-refractivity contribution in [3.8, 4) is 11.5 Å². The van der Waals surface area contributed by atoms with Gasteiger partial charge in [-0.2, -0.15) is 0 Å². The Kier molecular flexibility index (Phi) is 3.57. The van der Waals surface area contributed by atoms with Crippen molar-refractivity contribution in [2.24, 2.45) is 0 Å². The highest BCUT2D eigenvalue weighted by molar-refractivity contribution is 9.11. The molecule has 1 aromatic heterocycles. The Labute approximate surface area is 123 Å². The fraction of sp³-hybridized carbons (Fsp3) is 0.214. The van der Waals surface area contributed by atoms with Crippen LogP contribution < -0.4 is 9.47 Å². The van der Waals surface area contributed by atoms with Crippen LogP contribution in [0.5, 0.6) is 11.5 Å². The fourth-order valence-electron chi connectivity index (χ4n) is 1.91. The SMILES string of the molecule is O=C(Cc1ccc(Br)s1)C1COc2ccccc2O1. The van der Waals surface area contributed by atoms with Crippen LogP contribution in [-0.2, 0) is 11.2 Å². The molecule has 0 amide bonds. The largest absolute Gasteiger partial charge is 0.485 e. The molecule has 0 saturated carbocycles. The van der Waals surface area contributed by atoms with Gasteiger partial charge in [-0.3, -0.25) is 4.79 Å². The number of ether oxygens (including phenoxy) is 2. The summed E-state index contributed by atoms with van der Waals surface area (Å²) in [7, 11) is 0. The highest BCUT2D eigenvalue weighted by Gasteiger charge is 2.27. The van der Waals surface area contributed by atoms with Crippen LogP contribution in [-0.4, -0.2) is 18.5 Å². The van der Waals surface area contributed by atoms with Crippen molar-refractivity contribution >= 4 is 33.0 Å². The molecule has 1 atom stereocenters. The van der Waals surface area contributed by atoms with E-state index in [-0.39, 0.29) is 12.4 Å². The van der Waals surface area contributed by atoms with Gasteiger partial charge in [0.2, 0.25) is 0 Å². The zero-order valence-corrected chi connectivity index (χ0v) is 12.4. The molecule has 98 valence electrons. The number of fused-ring (bicyclic) bond motifs is 1. The van der Waals surface area contributed by atoms with Crippen LogP contribution in [0, 0.1) is 0 Å². The second-order valence-corrected chi connectivity index (χ2v) is 6.76. The lowest BCUT2D eigenvalue weighted by Crippen LogP contribution is -2.37. The molecule has 2 aromatic rings. The minimum atomic E-state index is -0.518. The van der Waals surface area contributed by atoms with Gasteiger partial charge in [0.15, 0.2) is 23.4 Å². The Morgan fingerprint density at radius 2 is 2.05 bits per heavy atom.